The summed E-state index contributed by atoms with van der Waals surface area (Å²) in [4.78, 5) is 0. The standard InChI is InChI=1S/C23H21F3/c1-3-5-15-6-8-17(9-7-15)19-12-11-18(14-21(19)24)20-13-10-16(4-2)22(25)23(20)26/h6-14H,3-5H2,1-2H3. The number of rotatable bonds is 5. The Labute approximate surface area is 152 Å². The van der Waals surface area contributed by atoms with E-state index < -0.39 is 17.5 Å². The van der Waals surface area contributed by atoms with E-state index in [9.17, 15) is 13.2 Å². The van der Waals surface area contributed by atoms with Gasteiger partial charge in [-0.3, -0.25) is 0 Å². The van der Waals surface area contributed by atoms with E-state index in [0.29, 0.717) is 23.1 Å². The summed E-state index contributed by atoms with van der Waals surface area (Å²) in [6.45, 7) is 3.87. The third-order valence-electron chi connectivity index (χ3n) is 4.63. The maximum atomic E-state index is 14.6. The van der Waals surface area contributed by atoms with Gasteiger partial charge in [-0.1, -0.05) is 68.8 Å². The van der Waals surface area contributed by atoms with Crippen LogP contribution in [0.15, 0.2) is 54.6 Å². The van der Waals surface area contributed by atoms with Crippen LogP contribution in [0, 0.1) is 17.5 Å². The van der Waals surface area contributed by atoms with Gasteiger partial charge in [0.2, 0.25) is 0 Å². The van der Waals surface area contributed by atoms with Crippen LogP contribution in [0.3, 0.4) is 0 Å². The van der Waals surface area contributed by atoms with E-state index in [1.165, 1.54) is 17.7 Å². The molecule has 26 heavy (non-hydrogen) atoms. The van der Waals surface area contributed by atoms with Crippen LogP contribution in [-0.4, -0.2) is 0 Å². The molecule has 3 heteroatoms. The van der Waals surface area contributed by atoms with Crippen LogP contribution in [0.5, 0.6) is 0 Å². The van der Waals surface area contributed by atoms with Crippen LogP contribution in [0.25, 0.3) is 22.3 Å². The zero-order chi connectivity index (χ0) is 18.7. The van der Waals surface area contributed by atoms with Gasteiger partial charge in [0, 0.05) is 11.1 Å². The molecular weight excluding hydrogens is 333 g/mol. The van der Waals surface area contributed by atoms with Gasteiger partial charge in [0.25, 0.3) is 0 Å². The Morgan fingerprint density at radius 2 is 1.35 bits per heavy atom. The normalized spacial score (nSPS) is 11.0. The number of benzene rings is 3. The molecule has 0 heterocycles. The molecular formula is C23H21F3. The van der Waals surface area contributed by atoms with E-state index in [2.05, 4.69) is 6.92 Å². The summed E-state index contributed by atoms with van der Waals surface area (Å²) in [7, 11) is 0. The molecule has 0 spiro atoms. The molecule has 3 rings (SSSR count). The Kier molecular flexibility index (Phi) is 5.46. The van der Waals surface area contributed by atoms with Crippen molar-refractivity contribution in [1.82, 2.24) is 0 Å². The molecule has 0 N–H and O–H groups in total. The highest BCUT2D eigenvalue weighted by molar-refractivity contribution is 5.71. The van der Waals surface area contributed by atoms with Gasteiger partial charge < -0.3 is 0 Å². The molecule has 0 amide bonds. The molecule has 0 aliphatic heterocycles. The minimum Gasteiger partial charge on any atom is -0.206 e. The lowest BCUT2D eigenvalue weighted by Crippen LogP contribution is -1.96. The van der Waals surface area contributed by atoms with Crippen molar-refractivity contribution in [3.63, 3.8) is 0 Å². The third kappa shape index (κ3) is 3.52. The first-order chi connectivity index (χ1) is 12.5. The molecule has 0 radical (unpaired) electrons. The minimum absolute atomic E-state index is 0.0726. The minimum atomic E-state index is -0.930. The molecule has 0 fully saturated rings. The monoisotopic (exact) mass is 354 g/mol. The Hall–Kier alpha value is -2.55. The van der Waals surface area contributed by atoms with Gasteiger partial charge in [-0.25, -0.2) is 13.2 Å². The van der Waals surface area contributed by atoms with Crippen molar-refractivity contribution in [3.05, 3.63) is 83.2 Å². The first-order valence-electron chi connectivity index (χ1n) is 8.91. The Morgan fingerprint density at radius 1 is 0.692 bits per heavy atom. The number of hydrogen-bond acceptors (Lipinski definition) is 0. The van der Waals surface area contributed by atoms with Crippen LogP contribution in [0.2, 0.25) is 0 Å². The highest BCUT2D eigenvalue weighted by Crippen LogP contribution is 2.31. The highest BCUT2D eigenvalue weighted by Gasteiger charge is 2.15. The molecule has 0 aliphatic rings. The van der Waals surface area contributed by atoms with E-state index in [-0.39, 0.29) is 5.56 Å². The second-order valence-electron chi connectivity index (χ2n) is 6.40. The van der Waals surface area contributed by atoms with Gasteiger partial charge in [-0.05, 0) is 41.2 Å². The predicted octanol–water partition coefficient (Wildman–Crippen LogP) is 6.95. The van der Waals surface area contributed by atoms with Crippen molar-refractivity contribution < 1.29 is 13.2 Å². The fraction of sp³-hybridized carbons (Fsp3) is 0.217. The summed E-state index contributed by atoms with van der Waals surface area (Å²) in [5.41, 5.74) is 3.14. The van der Waals surface area contributed by atoms with Crippen LogP contribution in [-0.2, 0) is 12.8 Å². The largest absolute Gasteiger partial charge is 0.206 e. The second kappa shape index (κ2) is 7.77. The summed E-state index contributed by atoms with van der Waals surface area (Å²) in [6, 6.07) is 15.3. The van der Waals surface area contributed by atoms with Crippen molar-refractivity contribution in [2.45, 2.75) is 33.1 Å². The van der Waals surface area contributed by atoms with E-state index in [4.69, 9.17) is 0 Å². The van der Waals surface area contributed by atoms with Gasteiger partial charge in [-0.2, -0.15) is 0 Å². The Morgan fingerprint density at radius 3 is 1.96 bits per heavy atom. The van der Waals surface area contributed by atoms with Crippen LogP contribution >= 0.6 is 0 Å². The molecule has 0 saturated heterocycles. The quantitative estimate of drug-likeness (QED) is 0.465. The van der Waals surface area contributed by atoms with Crippen molar-refractivity contribution in [2.75, 3.05) is 0 Å². The summed E-state index contributed by atoms with van der Waals surface area (Å²) < 4.78 is 43.0. The average molecular weight is 354 g/mol. The van der Waals surface area contributed by atoms with Gasteiger partial charge in [0.1, 0.15) is 5.82 Å². The number of halogens is 3. The summed E-state index contributed by atoms with van der Waals surface area (Å²) in [6.07, 6.45) is 2.45. The summed E-state index contributed by atoms with van der Waals surface area (Å²) >= 11 is 0. The predicted molar refractivity (Wildman–Crippen MR) is 101 cm³/mol. The Bertz CT molecular complexity index is 911. The van der Waals surface area contributed by atoms with E-state index >= 15 is 0 Å². The van der Waals surface area contributed by atoms with Gasteiger partial charge in [0.05, 0.1) is 0 Å². The number of aryl methyl sites for hydroxylation is 2. The lowest BCUT2D eigenvalue weighted by atomic mass is 9.97. The maximum absolute atomic E-state index is 14.6. The molecule has 3 aromatic carbocycles. The lowest BCUT2D eigenvalue weighted by Gasteiger charge is -2.10. The molecule has 0 bridgehead atoms. The van der Waals surface area contributed by atoms with E-state index in [1.807, 2.05) is 24.3 Å². The van der Waals surface area contributed by atoms with E-state index in [1.54, 1.807) is 25.1 Å². The molecule has 0 aromatic heterocycles. The summed E-state index contributed by atoms with van der Waals surface area (Å²) in [5.74, 6) is -2.24. The molecule has 0 nitrogen and oxygen atoms in total. The molecule has 3 aromatic rings. The first-order valence-corrected chi connectivity index (χ1v) is 8.91. The number of hydrogen-bond donors (Lipinski definition) is 0. The van der Waals surface area contributed by atoms with Gasteiger partial charge >= 0.3 is 0 Å². The van der Waals surface area contributed by atoms with Crippen LogP contribution in [0.4, 0.5) is 13.2 Å². The Balaban J connectivity index is 1.96. The first kappa shape index (κ1) is 18.2. The molecule has 0 saturated carbocycles. The van der Waals surface area contributed by atoms with Crippen molar-refractivity contribution in [1.29, 1.82) is 0 Å². The van der Waals surface area contributed by atoms with Crippen molar-refractivity contribution >= 4 is 0 Å². The topological polar surface area (TPSA) is 0 Å². The highest BCUT2D eigenvalue weighted by atomic mass is 19.2. The van der Waals surface area contributed by atoms with E-state index in [0.717, 1.165) is 18.4 Å². The fourth-order valence-corrected chi connectivity index (χ4v) is 3.14. The third-order valence-corrected chi connectivity index (χ3v) is 4.63. The van der Waals surface area contributed by atoms with Crippen LogP contribution in [0.1, 0.15) is 31.4 Å². The molecule has 134 valence electrons. The summed E-state index contributed by atoms with van der Waals surface area (Å²) in [5, 5.41) is 0. The van der Waals surface area contributed by atoms with Gasteiger partial charge in [-0.15, -0.1) is 0 Å². The zero-order valence-corrected chi connectivity index (χ0v) is 15.0. The fourth-order valence-electron chi connectivity index (χ4n) is 3.14. The molecule has 0 aliphatic carbocycles. The van der Waals surface area contributed by atoms with Crippen molar-refractivity contribution in [2.24, 2.45) is 0 Å². The van der Waals surface area contributed by atoms with Crippen molar-refractivity contribution in [3.8, 4) is 22.3 Å². The smallest absolute Gasteiger partial charge is 0.166 e. The zero-order valence-electron chi connectivity index (χ0n) is 15.0. The SMILES string of the molecule is CCCc1ccc(-c2ccc(-c3ccc(CC)c(F)c3F)cc2F)cc1. The molecule has 0 atom stereocenters. The maximum Gasteiger partial charge on any atom is 0.166 e. The second-order valence-corrected chi connectivity index (χ2v) is 6.40. The molecule has 0 unspecified atom stereocenters. The van der Waals surface area contributed by atoms with Gasteiger partial charge in [0.15, 0.2) is 11.6 Å². The van der Waals surface area contributed by atoms with Crippen LogP contribution < -0.4 is 0 Å². The lowest BCUT2D eigenvalue weighted by molar-refractivity contribution is 0.502. The average Bonchev–Trinajstić information content (AvgIpc) is 2.65.